The minimum Gasteiger partial charge on any atom is -0.490 e. The van der Waals surface area contributed by atoms with Crippen LogP contribution in [0, 0.1) is 0 Å². The lowest BCUT2D eigenvalue weighted by Gasteiger charge is -2.30. The summed E-state index contributed by atoms with van der Waals surface area (Å²) in [4.78, 5) is 12.5. The Morgan fingerprint density at radius 2 is 1.40 bits per heavy atom. The van der Waals surface area contributed by atoms with Crippen molar-refractivity contribution in [3.05, 3.63) is 60.2 Å². The molecule has 0 atom stereocenters. The summed E-state index contributed by atoms with van der Waals surface area (Å²) in [6.45, 7) is 0.872. The number of para-hydroxylation sites is 1. The monoisotopic (exact) mass is 340 g/mol. The van der Waals surface area contributed by atoms with Crippen molar-refractivity contribution < 1.29 is 19.4 Å². The number of carbonyl (C=O) groups excluding carboxylic acids is 1. The van der Waals surface area contributed by atoms with E-state index < -0.39 is 5.60 Å². The Kier molecular flexibility index (Phi) is 5.71. The Morgan fingerprint density at radius 3 is 2.00 bits per heavy atom. The van der Waals surface area contributed by atoms with Crippen molar-refractivity contribution >= 4 is 5.78 Å². The Labute approximate surface area is 148 Å². The Balaban J connectivity index is 1.49. The number of benzene rings is 2. The van der Waals surface area contributed by atoms with E-state index in [1.165, 1.54) is 0 Å². The normalized spacial score (nSPS) is 16.2. The maximum atomic E-state index is 12.5. The Hall–Kier alpha value is -2.33. The van der Waals surface area contributed by atoms with Crippen LogP contribution in [0.1, 0.15) is 42.5 Å². The van der Waals surface area contributed by atoms with Crippen LogP contribution in [0.3, 0.4) is 0 Å². The molecule has 0 aromatic heterocycles. The first kappa shape index (κ1) is 17.5. The maximum absolute atomic E-state index is 12.5. The molecule has 1 aliphatic rings. The van der Waals surface area contributed by atoms with E-state index in [2.05, 4.69) is 0 Å². The van der Waals surface area contributed by atoms with Crippen LogP contribution in [0.5, 0.6) is 11.5 Å². The van der Waals surface area contributed by atoms with Crippen LogP contribution < -0.4 is 9.47 Å². The summed E-state index contributed by atoms with van der Waals surface area (Å²) < 4.78 is 11.2. The quantitative estimate of drug-likeness (QED) is 0.611. The largest absolute Gasteiger partial charge is 0.490 e. The fourth-order valence-electron chi connectivity index (χ4n) is 3.17. The predicted octanol–water partition coefficient (Wildman–Crippen LogP) is 4.02. The third kappa shape index (κ3) is 4.60. The highest BCUT2D eigenvalue weighted by Gasteiger charge is 2.37. The second-order valence-corrected chi connectivity index (χ2v) is 6.46. The molecule has 2 aromatic carbocycles. The second kappa shape index (κ2) is 8.17. The van der Waals surface area contributed by atoms with Crippen molar-refractivity contribution in [1.82, 2.24) is 0 Å². The molecule has 4 nitrogen and oxygen atoms in total. The summed E-state index contributed by atoms with van der Waals surface area (Å²) in [7, 11) is 0. The van der Waals surface area contributed by atoms with Gasteiger partial charge in [-0.05, 0) is 49.2 Å². The molecule has 0 amide bonds. The van der Waals surface area contributed by atoms with Crippen molar-refractivity contribution in [2.45, 2.75) is 37.7 Å². The highest BCUT2D eigenvalue weighted by Crippen LogP contribution is 2.31. The molecular weight excluding hydrogens is 316 g/mol. The van der Waals surface area contributed by atoms with Gasteiger partial charge < -0.3 is 14.6 Å². The van der Waals surface area contributed by atoms with Crippen LogP contribution in [-0.4, -0.2) is 29.7 Å². The number of hydrogen-bond acceptors (Lipinski definition) is 4. The molecule has 1 aliphatic carbocycles. The van der Waals surface area contributed by atoms with Crippen molar-refractivity contribution in [2.24, 2.45) is 0 Å². The van der Waals surface area contributed by atoms with Gasteiger partial charge in [0.15, 0.2) is 5.78 Å². The number of rotatable bonds is 7. The zero-order valence-corrected chi connectivity index (χ0v) is 14.3. The molecule has 0 heterocycles. The van der Waals surface area contributed by atoms with E-state index in [1.54, 1.807) is 24.3 Å². The number of aliphatic hydroxyl groups is 1. The topological polar surface area (TPSA) is 55.8 Å². The smallest absolute Gasteiger partial charge is 0.194 e. The van der Waals surface area contributed by atoms with Gasteiger partial charge in [0.05, 0.1) is 0 Å². The molecule has 0 saturated heterocycles. The highest BCUT2D eigenvalue weighted by atomic mass is 16.5. The van der Waals surface area contributed by atoms with Crippen LogP contribution in [0.15, 0.2) is 54.6 Å². The summed E-state index contributed by atoms with van der Waals surface area (Å²) in [5, 5.41) is 10.5. The zero-order valence-electron chi connectivity index (χ0n) is 14.3. The molecule has 0 radical (unpaired) electrons. The fourth-order valence-corrected chi connectivity index (χ4v) is 3.17. The number of ether oxygens (including phenoxy) is 2. The minimum atomic E-state index is -1.19. The highest BCUT2D eigenvalue weighted by molar-refractivity contribution is 6.02. The third-order valence-electron chi connectivity index (χ3n) is 4.58. The molecule has 1 N–H and O–H groups in total. The fraction of sp³-hybridized carbons (Fsp3) is 0.381. The van der Waals surface area contributed by atoms with Gasteiger partial charge in [-0.2, -0.15) is 0 Å². The average Bonchev–Trinajstić information content (AvgIpc) is 2.67. The molecule has 4 heteroatoms. The minimum absolute atomic E-state index is 0.175. The number of carbonyl (C=O) groups is 1. The zero-order chi connectivity index (χ0) is 17.5. The van der Waals surface area contributed by atoms with Crippen molar-refractivity contribution in [3.63, 3.8) is 0 Å². The lowest BCUT2D eigenvalue weighted by Crippen LogP contribution is -2.40. The van der Waals surface area contributed by atoms with E-state index in [0.29, 0.717) is 37.4 Å². The lowest BCUT2D eigenvalue weighted by atomic mass is 9.79. The van der Waals surface area contributed by atoms with Crippen LogP contribution in [-0.2, 0) is 0 Å². The van der Waals surface area contributed by atoms with Gasteiger partial charge in [-0.15, -0.1) is 0 Å². The van der Waals surface area contributed by atoms with Gasteiger partial charge in [0.2, 0.25) is 0 Å². The molecule has 0 spiro atoms. The van der Waals surface area contributed by atoms with Crippen molar-refractivity contribution in [1.29, 1.82) is 0 Å². The van der Waals surface area contributed by atoms with Gasteiger partial charge in [0, 0.05) is 5.56 Å². The second-order valence-electron chi connectivity index (χ2n) is 6.46. The summed E-state index contributed by atoms with van der Waals surface area (Å²) in [5.41, 5.74) is -0.651. The molecule has 0 aliphatic heterocycles. The SMILES string of the molecule is O=C(c1ccc(OCCOc2ccccc2)cc1)C1(O)CCCCC1. The molecule has 1 fully saturated rings. The van der Waals surface area contributed by atoms with Gasteiger partial charge in [-0.25, -0.2) is 0 Å². The summed E-state index contributed by atoms with van der Waals surface area (Å²) in [6.07, 6.45) is 4.02. The molecular formula is C21H24O4. The first-order valence-corrected chi connectivity index (χ1v) is 8.85. The van der Waals surface area contributed by atoms with Crippen LogP contribution in [0.4, 0.5) is 0 Å². The van der Waals surface area contributed by atoms with Gasteiger partial charge in [-0.1, -0.05) is 37.5 Å². The Morgan fingerprint density at radius 1 is 0.840 bits per heavy atom. The first-order valence-electron chi connectivity index (χ1n) is 8.85. The lowest BCUT2D eigenvalue weighted by molar-refractivity contribution is 0.0116. The van der Waals surface area contributed by atoms with Crippen LogP contribution in [0.25, 0.3) is 0 Å². The van der Waals surface area contributed by atoms with Gasteiger partial charge in [-0.3, -0.25) is 4.79 Å². The summed E-state index contributed by atoms with van der Waals surface area (Å²) in [6, 6.07) is 16.6. The van der Waals surface area contributed by atoms with E-state index in [1.807, 2.05) is 30.3 Å². The molecule has 0 bridgehead atoms. The van der Waals surface area contributed by atoms with Crippen molar-refractivity contribution in [3.8, 4) is 11.5 Å². The summed E-state index contributed by atoms with van der Waals surface area (Å²) >= 11 is 0. The van der Waals surface area contributed by atoms with E-state index in [0.717, 1.165) is 25.0 Å². The van der Waals surface area contributed by atoms with E-state index in [4.69, 9.17) is 9.47 Å². The Bertz CT molecular complexity index is 673. The molecule has 3 rings (SSSR count). The van der Waals surface area contributed by atoms with Gasteiger partial charge >= 0.3 is 0 Å². The summed E-state index contributed by atoms with van der Waals surface area (Å²) in [5.74, 6) is 1.32. The molecule has 1 saturated carbocycles. The molecule has 0 unspecified atom stereocenters. The maximum Gasteiger partial charge on any atom is 0.194 e. The van der Waals surface area contributed by atoms with Crippen LogP contribution in [0.2, 0.25) is 0 Å². The molecule has 2 aromatic rings. The number of hydrogen-bond donors (Lipinski definition) is 1. The van der Waals surface area contributed by atoms with Gasteiger partial charge in [0.25, 0.3) is 0 Å². The molecule has 25 heavy (non-hydrogen) atoms. The molecule has 132 valence electrons. The van der Waals surface area contributed by atoms with E-state index >= 15 is 0 Å². The number of Topliss-reactive ketones (excluding diaryl/α,β-unsaturated/α-hetero) is 1. The van der Waals surface area contributed by atoms with E-state index in [-0.39, 0.29) is 5.78 Å². The van der Waals surface area contributed by atoms with E-state index in [9.17, 15) is 9.90 Å². The third-order valence-corrected chi connectivity index (χ3v) is 4.58. The number of ketones is 1. The van der Waals surface area contributed by atoms with Crippen molar-refractivity contribution in [2.75, 3.05) is 13.2 Å². The predicted molar refractivity (Wildman–Crippen MR) is 96.2 cm³/mol. The average molecular weight is 340 g/mol. The first-order chi connectivity index (χ1) is 12.2. The van der Waals surface area contributed by atoms with Gasteiger partial charge in [0.1, 0.15) is 30.3 Å². The van der Waals surface area contributed by atoms with Crippen LogP contribution >= 0.6 is 0 Å². The standard InChI is InChI=1S/C21H24O4/c22-20(21(23)13-5-2-6-14-21)17-9-11-19(12-10-17)25-16-15-24-18-7-3-1-4-8-18/h1,3-4,7-12,23H,2,5-6,13-16H2.